The first-order valence-corrected chi connectivity index (χ1v) is 6.59. The fourth-order valence-electron chi connectivity index (χ4n) is 2.13. The molecule has 3 heterocycles. The highest BCUT2D eigenvalue weighted by Crippen LogP contribution is 2.19. The van der Waals surface area contributed by atoms with Crippen molar-refractivity contribution >= 4 is 11.9 Å². The van der Waals surface area contributed by atoms with Crippen molar-refractivity contribution in [2.75, 3.05) is 0 Å². The largest absolute Gasteiger partial charge is 0.460 e. The normalized spacial score (nSPS) is 21.3. The van der Waals surface area contributed by atoms with Crippen molar-refractivity contribution in [3.63, 3.8) is 0 Å². The van der Waals surface area contributed by atoms with Crippen molar-refractivity contribution in [3.8, 4) is 0 Å². The number of hydrogen-bond acceptors (Lipinski definition) is 6. The lowest BCUT2D eigenvalue weighted by Crippen LogP contribution is -2.22. The van der Waals surface area contributed by atoms with Gasteiger partial charge in [-0.1, -0.05) is 0 Å². The van der Waals surface area contributed by atoms with Gasteiger partial charge in [-0.2, -0.15) is 5.10 Å². The van der Waals surface area contributed by atoms with Crippen LogP contribution in [0.3, 0.4) is 0 Å². The highest BCUT2D eigenvalue weighted by Gasteiger charge is 2.35. The fourth-order valence-corrected chi connectivity index (χ4v) is 2.13. The van der Waals surface area contributed by atoms with Crippen molar-refractivity contribution < 1.29 is 23.5 Å². The van der Waals surface area contributed by atoms with Gasteiger partial charge in [0, 0.05) is 18.8 Å². The number of cyclic esters (lactones) is 1. The van der Waals surface area contributed by atoms with Crippen LogP contribution >= 0.6 is 0 Å². The highest BCUT2D eigenvalue weighted by atomic mass is 16.6. The maximum atomic E-state index is 11.9. The molecule has 1 aliphatic rings. The molecule has 0 amide bonds. The van der Waals surface area contributed by atoms with Gasteiger partial charge in [0.1, 0.15) is 11.9 Å². The van der Waals surface area contributed by atoms with Crippen LogP contribution in [0.1, 0.15) is 29.7 Å². The molecule has 7 heteroatoms. The molecule has 0 aromatic carbocycles. The zero-order chi connectivity index (χ0) is 14.8. The van der Waals surface area contributed by atoms with Gasteiger partial charge in [-0.05, 0) is 25.1 Å². The molecular formula is C14H14N2O5. The Bertz CT molecular complexity index is 646. The third kappa shape index (κ3) is 2.96. The third-order valence-electron chi connectivity index (χ3n) is 3.12. The van der Waals surface area contributed by atoms with E-state index in [0.29, 0.717) is 18.7 Å². The van der Waals surface area contributed by atoms with E-state index in [-0.39, 0.29) is 11.9 Å². The first kappa shape index (κ1) is 13.4. The summed E-state index contributed by atoms with van der Waals surface area (Å²) in [5, 5.41) is 4.05. The summed E-state index contributed by atoms with van der Waals surface area (Å²) in [6.07, 6.45) is 2.72. The van der Waals surface area contributed by atoms with E-state index < -0.39 is 18.0 Å². The molecule has 0 saturated carbocycles. The summed E-state index contributed by atoms with van der Waals surface area (Å²) < 4.78 is 17.1. The second-order valence-electron chi connectivity index (χ2n) is 4.85. The molecule has 0 aliphatic carbocycles. The number of esters is 2. The molecule has 2 aromatic heterocycles. The Hall–Kier alpha value is -2.57. The van der Waals surface area contributed by atoms with E-state index in [9.17, 15) is 9.59 Å². The molecule has 0 N–H and O–H groups in total. The molecule has 2 atom stereocenters. The Morgan fingerprint density at radius 1 is 1.52 bits per heavy atom. The van der Waals surface area contributed by atoms with Crippen LogP contribution in [0.4, 0.5) is 0 Å². The van der Waals surface area contributed by atoms with Crippen molar-refractivity contribution in [2.24, 2.45) is 0 Å². The van der Waals surface area contributed by atoms with Gasteiger partial charge in [-0.15, -0.1) is 0 Å². The van der Waals surface area contributed by atoms with Crippen molar-refractivity contribution in [1.29, 1.82) is 0 Å². The van der Waals surface area contributed by atoms with Crippen LogP contribution in [0.2, 0.25) is 0 Å². The molecular weight excluding hydrogens is 276 g/mol. The van der Waals surface area contributed by atoms with Crippen LogP contribution in [-0.4, -0.2) is 33.9 Å². The molecule has 0 bridgehead atoms. The summed E-state index contributed by atoms with van der Waals surface area (Å²) in [7, 11) is 0. The summed E-state index contributed by atoms with van der Waals surface area (Å²) in [4.78, 5) is 23.3. The predicted octanol–water partition coefficient (Wildman–Crippen LogP) is 1.39. The van der Waals surface area contributed by atoms with E-state index in [1.807, 2.05) is 0 Å². The molecule has 3 rings (SSSR count). The third-order valence-corrected chi connectivity index (χ3v) is 3.12. The summed E-state index contributed by atoms with van der Waals surface area (Å²) in [5.74, 6) is -0.547. The van der Waals surface area contributed by atoms with Gasteiger partial charge in [0.2, 0.25) is 11.9 Å². The summed E-state index contributed by atoms with van der Waals surface area (Å²) in [6, 6.07) is 4.99. The van der Waals surface area contributed by atoms with Crippen LogP contribution in [0.5, 0.6) is 0 Å². The van der Waals surface area contributed by atoms with Crippen LogP contribution in [-0.2, 0) is 20.8 Å². The van der Waals surface area contributed by atoms with Crippen molar-refractivity contribution in [1.82, 2.24) is 9.78 Å². The van der Waals surface area contributed by atoms with Gasteiger partial charge in [0.25, 0.3) is 0 Å². The number of ether oxygens (including phenoxy) is 2. The lowest BCUT2D eigenvalue weighted by atomic mass is 10.2. The molecule has 1 aliphatic heterocycles. The molecule has 0 spiro atoms. The zero-order valence-corrected chi connectivity index (χ0v) is 11.4. The van der Waals surface area contributed by atoms with Gasteiger partial charge in [-0.25, -0.2) is 9.59 Å². The van der Waals surface area contributed by atoms with E-state index in [1.165, 1.54) is 6.07 Å². The average molecular weight is 290 g/mol. The molecule has 7 nitrogen and oxygen atoms in total. The molecule has 0 radical (unpaired) electrons. The van der Waals surface area contributed by atoms with Gasteiger partial charge >= 0.3 is 11.9 Å². The summed E-state index contributed by atoms with van der Waals surface area (Å²) in [6.45, 7) is 2.17. The Morgan fingerprint density at radius 3 is 3.05 bits per heavy atom. The minimum Gasteiger partial charge on any atom is -0.460 e. The topological polar surface area (TPSA) is 83.6 Å². The smallest absolute Gasteiger partial charge is 0.375 e. The predicted molar refractivity (Wildman–Crippen MR) is 69.4 cm³/mol. The number of carbonyl (C=O) groups excluding carboxylic acids is 2. The molecule has 21 heavy (non-hydrogen) atoms. The number of rotatable bonds is 4. The molecule has 1 saturated heterocycles. The number of furan rings is 1. The second-order valence-corrected chi connectivity index (χ2v) is 4.85. The second kappa shape index (κ2) is 5.43. The number of aromatic nitrogens is 2. The molecule has 1 fully saturated rings. The molecule has 2 aromatic rings. The lowest BCUT2D eigenvalue weighted by molar-refractivity contribution is -0.147. The maximum absolute atomic E-state index is 11.9. The average Bonchev–Trinajstić information content (AvgIpc) is 3.14. The van der Waals surface area contributed by atoms with Crippen molar-refractivity contribution in [3.05, 3.63) is 42.1 Å². The van der Waals surface area contributed by atoms with E-state index in [0.717, 1.165) is 0 Å². The van der Waals surface area contributed by atoms with E-state index >= 15 is 0 Å². The van der Waals surface area contributed by atoms with E-state index in [4.69, 9.17) is 13.9 Å². The van der Waals surface area contributed by atoms with Crippen LogP contribution < -0.4 is 0 Å². The first-order valence-electron chi connectivity index (χ1n) is 6.59. The Balaban J connectivity index is 1.63. The monoisotopic (exact) mass is 290 g/mol. The van der Waals surface area contributed by atoms with Gasteiger partial charge in [0.15, 0.2) is 0 Å². The molecule has 110 valence electrons. The minimum absolute atomic E-state index is 0.0597. The van der Waals surface area contributed by atoms with Crippen LogP contribution in [0.25, 0.3) is 0 Å². The highest BCUT2D eigenvalue weighted by molar-refractivity contribution is 5.89. The van der Waals surface area contributed by atoms with Crippen molar-refractivity contribution in [2.45, 2.75) is 32.1 Å². The summed E-state index contributed by atoms with van der Waals surface area (Å²) >= 11 is 0. The van der Waals surface area contributed by atoms with E-state index in [2.05, 4.69) is 5.10 Å². The summed E-state index contributed by atoms with van der Waals surface area (Å²) in [5.41, 5.74) is 0. The first-order chi connectivity index (χ1) is 10.1. The zero-order valence-electron chi connectivity index (χ0n) is 11.4. The van der Waals surface area contributed by atoms with Gasteiger partial charge in [-0.3, -0.25) is 4.68 Å². The quantitative estimate of drug-likeness (QED) is 0.791. The van der Waals surface area contributed by atoms with Crippen LogP contribution in [0.15, 0.2) is 35.0 Å². The Kier molecular flexibility index (Phi) is 3.47. The lowest BCUT2D eigenvalue weighted by Gasteiger charge is -2.06. The fraction of sp³-hybridized carbons (Fsp3) is 0.357. The van der Waals surface area contributed by atoms with Gasteiger partial charge < -0.3 is 13.9 Å². The standard InChI is InChI=1S/C14H14N2O5/c1-9-7-12(14(18)19-9)21-13(17)11-4-3-10(20-11)8-16-6-2-5-15-16/h2-6,9,12H,7-8H2,1H3. The van der Waals surface area contributed by atoms with Crippen LogP contribution in [0, 0.1) is 0 Å². The number of carbonyl (C=O) groups is 2. The number of nitrogens with zero attached hydrogens (tertiary/aromatic N) is 2. The maximum Gasteiger partial charge on any atom is 0.375 e. The SMILES string of the molecule is CC1CC(OC(=O)c2ccc(Cn3cccn3)o2)C(=O)O1. The number of hydrogen-bond donors (Lipinski definition) is 0. The minimum atomic E-state index is -0.854. The molecule has 2 unspecified atom stereocenters. The Morgan fingerprint density at radius 2 is 2.38 bits per heavy atom. The van der Waals surface area contributed by atoms with Gasteiger partial charge in [0.05, 0.1) is 6.54 Å². The Labute approximate surface area is 120 Å². The van der Waals surface area contributed by atoms with E-state index in [1.54, 1.807) is 36.1 Å².